The average molecular weight is 302 g/mol. The number of ether oxygens (including phenoxy) is 1. The Bertz CT molecular complexity index is 794. The molecule has 112 valence electrons. The van der Waals surface area contributed by atoms with Gasteiger partial charge in [-0.1, -0.05) is 30.3 Å². The van der Waals surface area contributed by atoms with Crippen LogP contribution in [-0.2, 0) is 6.61 Å². The van der Waals surface area contributed by atoms with Crippen molar-refractivity contribution in [1.82, 2.24) is 0 Å². The van der Waals surface area contributed by atoms with Crippen molar-refractivity contribution < 1.29 is 4.74 Å². The second kappa shape index (κ2) is 8.02. The molecule has 0 aliphatic carbocycles. The van der Waals surface area contributed by atoms with Gasteiger partial charge in [-0.05, 0) is 35.4 Å². The summed E-state index contributed by atoms with van der Waals surface area (Å²) >= 11 is 0. The molecule has 0 atom stereocenters. The first kappa shape index (κ1) is 15.8. The molecule has 23 heavy (non-hydrogen) atoms. The summed E-state index contributed by atoms with van der Waals surface area (Å²) in [5.74, 6) is 0.735. The summed E-state index contributed by atoms with van der Waals surface area (Å²) in [6.45, 7) is 0.494. The normalized spacial score (nSPS) is 11.4. The van der Waals surface area contributed by atoms with Crippen molar-refractivity contribution in [2.45, 2.75) is 6.61 Å². The largest absolute Gasteiger partial charge is 0.489 e. The Morgan fingerprint density at radius 2 is 1.74 bits per heavy atom. The van der Waals surface area contributed by atoms with Crippen LogP contribution in [0, 0.1) is 22.7 Å². The minimum absolute atomic E-state index is 0.100. The Balaban J connectivity index is 2.00. The fourth-order valence-electron chi connectivity index (χ4n) is 1.74. The molecule has 2 N–H and O–H groups in total. The van der Waals surface area contributed by atoms with E-state index in [9.17, 15) is 0 Å². The Kier molecular flexibility index (Phi) is 5.51. The molecule has 2 rings (SSSR count). The highest BCUT2D eigenvalue weighted by atomic mass is 16.5. The van der Waals surface area contributed by atoms with Gasteiger partial charge in [0.05, 0.1) is 0 Å². The molecule has 2 aromatic rings. The molecule has 5 heteroatoms. The van der Waals surface area contributed by atoms with Crippen LogP contribution in [-0.4, -0.2) is 6.21 Å². The maximum absolute atomic E-state index is 8.86. The molecule has 0 aliphatic rings. The zero-order valence-electron chi connectivity index (χ0n) is 12.3. The van der Waals surface area contributed by atoms with Crippen molar-refractivity contribution in [2.24, 2.45) is 10.7 Å². The van der Waals surface area contributed by atoms with Crippen molar-refractivity contribution in [1.29, 1.82) is 10.5 Å². The van der Waals surface area contributed by atoms with Crippen LogP contribution in [0.2, 0.25) is 0 Å². The van der Waals surface area contributed by atoms with Crippen LogP contribution >= 0.6 is 0 Å². The number of nitrogens with zero attached hydrogens (tertiary/aromatic N) is 3. The first-order valence-corrected chi connectivity index (χ1v) is 6.83. The van der Waals surface area contributed by atoms with Crippen molar-refractivity contribution in [3.05, 3.63) is 77.1 Å². The number of allylic oxidation sites excluding steroid dienone is 2. The molecule has 0 aliphatic heterocycles. The Labute approximate surface area is 134 Å². The Morgan fingerprint density at radius 1 is 1.04 bits per heavy atom. The van der Waals surface area contributed by atoms with E-state index in [4.69, 9.17) is 21.0 Å². The second-order valence-electron chi connectivity index (χ2n) is 4.59. The lowest BCUT2D eigenvalue weighted by Crippen LogP contribution is -1.97. The summed E-state index contributed by atoms with van der Waals surface area (Å²) in [5.41, 5.74) is 6.94. The highest BCUT2D eigenvalue weighted by molar-refractivity contribution is 5.81. The first-order chi connectivity index (χ1) is 11.2. The molecule has 0 heterocycles. The zero-order valence-corrected chi connectivity index (χ0v) is 12.3. The van der Waals surface area contributed by atoms with Gasteiger partial charge < -0.3 is 10.5 Å². The number of aliphatic imine (C=N–C) groups is 1. The van der Waals surface area contributed by atoms with Crippen LogP contribution in [0.5, 0.6) is 5.75 Å². The fourth-order valence-corrected chi connectivity index (χ4v) is 1.74. The summed E-state index contributed by atoms with van der Waals surface area (Å²) < 4.78 is 5.68. The molecule has 2 aromatic carbocycles. The van der Waals surface area contributed by atoms with Gasteiger partial charge in [-0.2, -0.15) is 10.5 Å². The summed E-state index contributed by atoms with van der Waals surface area (Å²) in [7, 11) is 0. The Hall–Kier alpha value is -3.57. The number of benzene rings is 2. The molecule has 0 aromatic heterocycles. The van der Waals surface area contributed by atoms with E-state index in [1.165, 1.54) is 6.21 Å². The van der Waals surface area contributed by atoms with E-state index >= 15 is 0 Å². The van der Waals surface area contributed by atoms with Gasteiger partial charge in [0, 0.05) is 6.21 Å². The molecule has 0 bridgehead atoms. The van der Waals surface area contributed by atoms with Gasteiger partial charge in [0.1, 0.15) is 30.2 Å². The summed E-state index contributed by atoms with van der Waals surface area (Å²) in [6, 6.07) is 20.6. The number of nitriles is 2. The van der Waals surface area contributed by atoms with Gasteiger partial charge in [-0.15, -0.1) is 0 Å². The van der Waals surface area contributed by atoms with Gasteiger partial charge in [0.2, 0.25) is 0 Å². The van der Waals surface area contributed by atoms with Crippen LogP contribution in [0.3, 0.4) is 0 Å². The van der Waals surface area contributed by atoms with Crippen LogP contribution in [0.4, 0.5) is 0 Å². The third-order valence-electron chi connectivity index (χ3n) is 2.95. The van der Waals surface area contributed by atoms with E-state index in [-0.39, 0.29) is 11.4 Å². The lowest BCUT2D eigenvalue weighted by molar-refractivity contribution is 0.306. The third-order valence-corrected chi connectivity index (χ3v) is 2.95. The molecule has 0 spiro atoms. The average Bonchev–Trinajstić information content (AvgIpc) is 2.62. The summed E-state index contributed by atoms with van der Waals surface area (Å²) in [5, 5.41) is 17.5. The smallest absolute Gasteiger partial charge is 0.174 e. The van der Waals surface area contributed by atoms with Crippen molar-refractivity contribution in [2.75, 3.05) is 0 Å². The van der Waals surface area contributed by atoms with Gasteiger partial charge in [0.15, 0.2) is 5.70 Å². The first-order valence-electron chi connectivity index (χ1n) is 6.83. The maximum Gasteiger partial charge on any atom is 0.174 e. The highest BCUT2D eigenvalue weighted by Crippen LogP contribution is 2.13. The molecule has 0 fully saturated rings. The van der Waals surface area contributed by atoms with Gasteiger partial charge in [0.25, 0.3) is 0 Å². The van der Waals surface area contributed by atoms with Gasteiger partial charge >= 0.3 is 0 Å². The fraction of sp³-hybridized carbons (Fsp3) is 0.0556. The molecule has 0 unspecified atom stereocenters. The highest BCUT2D eigenvalue weighted by Gasteiger charge is 1.99. The van der Waals surface area contributed by atoms with Crippen molar-refractivity contribution in [3.8, 4) is 17.9 Å². The van der Waals surface area contributed by atoms with Crippen LogP contribution in [0.25, 0.3) is 0 Å². The monoisotopic (exact) mass is 302 g/mol. The lowest BCUT2D eigenvalue weighted by Gasteiger charge is -2.06. The predicted octanol–water partition coefficient (Wildman–Crippen LogP) is 2.90. The summed E-state index contributed by atoms with van der Waals surface area (Å²) in [4.78, 5) is 3.91. The molecule has 0 saturated carbocycles. The quantitative estimate of drug-likeness (QED) is 0.678. The number of hydrogen-bond donors (Lipinski definition) is 1. The van der Waals surface area contributed by atoms with Gasteiger partial charge in [-0.25, -0.2) is 4.99 Å². The standard InChI is InChI=1S/C18H14N4O/c19-10-17(21)18(11-20)22-12-14-6-8-16(9-7-14)23-13-15-4-2-1-3-5-15/h1-9,12H,13,21H2/b18-17+,22-12?. The molecule has 5 nitrogen and oxygen atoms in total. The van der Waals surface area contributed by atoms with Gasteiger partial charge in [-0.3, -0.25) is 0 Å². The molecular formula is C18H14N4O. The van der Waals surface area contributed by atoms with Crippen molar-refractivity contribution >= 4 is 6.21 Å². The third kappa shape index (κ3) is 4.73. The molecule has 0 radical (unpaired) electrons. The number of nitrogens with two attached hydrogens (primary N) is 1. The van der Waals surface area contributed by atoms with Crippen LogP contribution < -0.4 is 10.5 Å². The van der Waals surface area contributed by atoms with E-state index < -0.39 is 0 Å². The van der Waals surface area contributed by atoms with Crippen LogP contribution in [0.1, 0.15) is 11.1 Å². The lowest BCUT2D eigenvalue weighted by atomic mass is 10.2. The maximum atomic E-state index is 8.86. The minimum atomic E-state index is -0.202. The zero-order chi connectivity index (χ0) is 16.5. The Morgan fingerprint density at radius 3 is 2.35 bits per heavy atom. The molecular weight excluding hydrogens is 288 g/mol. The number of hydrogen-bond acceptors (Lipinski definition) is 5. The molecule has 0 amide bonds. The SMILES string of the molecule is N#C/C(N)=C(/C#N)N=Cc1ccc(OCc2ccccc2)cc1. The predicted molar refractivity (Wildman–Crippen MR) is 87.2 cm³/mol. The van der Waals surface area contributed by atoms with E-state index in [1.807, 2.05) is 42.5 Å². The van der Waals surface area contributed by atoms with E-state index in [2.05, 4.69) is 4.99 Å². The topological polar surface area (TPSA) is 95.2 Å². The minimum Gasteiger partial charge on any atom is -0.489 e. The van der Waals surface area contributed by atoms with E-state index in [0.29, 0.717) is 6.61 Å². The van der Waals surface area contributed by atoms with Crippen LogP contribution in [0.15, 0.2) is 71.0 Å². The second-order valence-corrected chi connectivity index (χ2v) is 4.59. The van der Waals surface area contributed by atoms with Crippen molar-refractivity contribution in [3.63, 3.8) is 0 Å². The summed E-state index contributed by atoms with van der Waals surface area (Å²) in [6.07, 6.45) is 1.48. The number of rotatable bonds is 5. The van der Waals surface area contributed by atoms with E-state index in [0.717, 1.165) is 16.9 Å². The van der Waals surface area contributed by atoms with E-state index in [1.54, 1.807) is 24.3 Å². The molecule has 0 saturated heterocycles.